The Morgan fingerprint density at radius 1 is 1.42 bits per heavy atom. The van der Waals surface area contributed by atoms with Crippen LogP contribution in [0.25, 0.3) is 0 Å². The van der Waals surface area contributed by atoms with E-state index in [1.165, 1.54) is 6.20 Å². The van der Waals surface area contributed by atoms with Gasteiger partial charge in [0.15, 0.2) is 0 Å². The van der Waals surface area contributed by atoms with Crippen molar-refractivity contribution >= 4 is 27.6 Å². The Hall–Kier alpha value is -2.16. The summed E-state index contributed by atoms with van der Waals surface area (Å²) in [7, 11) is -2.61. The Morgan fingerprint density at radius 3 is 2.68 bits per heavy atom. The maximum atomic E-state index is 11.6. The molecule has 1 heterocycles. The molecule has 0 aliphatic heterocycles. The van der Waals surface area contributed by atoms with Crippen LogP contribution in [0.5, 0.6) is 0 Å². The molecule has 0 fully saturated rings. The lowest BCUT2D eigenvalue weighted by atomic mass is 10.3. The molecule has 0 aromatic carbocycles. The maximum Gasteiger partial charge on any atom is 0.337 e. The molecule has 104 valence electrons. The second-order valence-electron chi connectivity index (χ2n) is 3.51. The van der Waals surface area contributed by atoms with E-state index in [2.05, 4.69) is 14.4 Å². The predicted octanol–water partition coefficient (Wildman–Crippen LogP) is 0.0846. The first-order chi connectivity index (χ1) is 8.84. The Balaban J connectivity index is 2.75. The third kappa shape index (κ3) is 4.92. The standard InChI is InChI=1S/C10H12N2O6S/c1-18-9(13)2-3-19(16,17)12-8-4-7(10(14)15)5-11-6-8/h4-6,12H,2-3H2,1H3,(H,14,15). The first-order valence-electron chi connectivity index (χ1n) is 5.10. The lowest BCUT2D eigenvalue weighted by Crippen LogP contribution is -2.19. The normalized spacial score (nSPS) is 10.8. The molecule has 1 aromatic heterocycles. The number of ether oxygens (including phenoxy) is 1. The van der Waals surface area contributed by atoms with Crippen molar-refractivity contribution in [2.24, 2.45) is 0 Å². The van der Waals surface area contributed by atoms with Gasteiger partial charge in [-0.1, -0.05) is 0 Å². The van der Waals surface area contributed by atoms with Crippen LogP contribution in [-0.2, 0) is 19.6 Å². The number of nitrogens with zero attached hydrogens (tertiary/aromatic N) is 1. The number of pyridine rings is 1. The van der Waals surface area contributed by atoms with Crippen LogP contribution >= 0.6 is 0 Å². The Labute approximate surface area is 109 Å². The summed E-state index contributed by atoms with van der Waals surface area (Å²) in [4.78, 5) is 25.1. The van der Waals surface area contributed by atoms with Crippen molar-refractivity contribution in [1.29, 1.82) is 0 Å². The molecule has 0 atom stereocenters. The third-order valence-corrected chi connectivity index (χ3v) is 3.35. The van der Waals surface area contributed by atoms with E-state index >= 15 is 0 Å². The zero-order chi connectivity index (χ0) is 14.5. The zero-order valence-corrected chi connectivity index (χ0v) is 10.8. The van der Waals surface area contributed by atoms with Crippen LogP contribution in [0.4, 0.5) is 5.69 Å². The Kier molecular flexibility index (Phi) is 4.81. The van der Waals surface area contributed by atoms with E-state index in [4.69, 9.17) is 5.11 Å². The highest BCUT2D eigenvalue weighted by atomic mass is 32.2. The summed E-state index contributed by atoms with van der Waals surface area (Å²) in [6.07, 6.45) is 1.97. The number of rotatable bonds is 6. The van der Waals surface area contributed by atoms with Crippen molar-refractivity contribution in [3.05, 3.63) is 24.0 Å². The van der Waals surface area contributed by atoms with E-state index in [1.54, 1.807) is 0 Å². The third-order valence-electron chi connectivity index (χ3n) is 2.06. The van der Waals surface area contributed by atoms with Crippen LogP contribution in [0.2, 0.25) is 0 Å². The number of esters is 1. The van der Waals surface area contributed by atoms with Gasteiger partial charge in [0.1, 0.15) is 0 Å². The van der Waals surface area contributed by atoms with E-state index in [1.807, 2.05) is 0 Å². The smallest absolute Gasteiger partial charge is 0.337 e. The molecule has 0 amide bonds. The van der Waals surface area contributed by atoms with Crippen LogP contribution in [0.15, 0.2) is 18.5 Å². The Morgan fingerprint density at radius 2 is 2.11 bits per heavy atom. The van der Waals surface area contributed by atoms with Gasteiger partial charge in [-0.05, 0) is 6.07 Å². The van der Waals surface area contributed by atoms with E-state index in [0.29, 0.717) is 0 Å². The number of carbonyl (C=O) groups is 2. The number of aromatic nitrogens is 1. The molecule has 0 saturated carbocycles. The van der Waals surface area contributed by atoms with Crippen molar-refractivity contribution in [2.75, 3.05) is 17.6 Å². The molecule has 19 heavy (non-hydrogen) atoms. The van der Waals surface area contributed by atoms with Crippen molar-refractivity contribution < 1.29 is 27.9 Å². The summed E-state index contributed by atoms with van der Waals surface area (Å²) < 4.78 is 29.7. The Bertz CT molecular complexity index is 583. The second-order valence-corrected chi connectivity index (χ2v) is 5.36. The molecule has 0 aliphatic rings. The van der Waals surface area contributed by atoms with Gasteiger partial charge in [-0.3, -0.25) is 14.5 Å². The maximum absolute atomic E-state index is 11.6. The molecule has 0 radical (unpaired) electrons. The van der Waals surface area contributed by atoms with Gasteiger partial charge in [-0.15, -0.1) is 0 Å². The highest BCUT2D eigenvalue weighted by Crippen LogP contribution is 2.11. The highest BCUT2D eigenvalue weighted by Gasteiger charge is 2.14. The average Bonchev–Trinajstić information content (AvgIpc) is 2.35. The van der Waals surface area contributed by atoms with Crippen molar-refractivity contribution in [3.63, 3.8) is 0 Å². The van der Waals surface area contributed by atoms with Crippen LogP contribution in [0, 0.1) is 0 Å². The van der Waals surface area contributed by atoms with Gasteiger partial charge in [-0.25, -0.2) is 13.2 Å². The number of aromatic carboxylic acids is 1. The fourth-order valence-corrected chi connectivity index (χ4v) is 2.17. The fourth-order valence-electron chi connectivity index (χ4n) is 1.16. The molecular weight excluding hydrogens is 276 g/mol. The van der Waals surface area contributed by atoms with Crippen LogP contribution in [-0.4, -0.2) is 43.3 Å². The summed E-state index contributed by atoms with van der Waals surface area (Å²) in [6.45, 7) is 0. The predicted molar refractivity (Wildman–Crippen MR) is 65.2 cm³/mol. The average molecular weight is 288 g/mol. The number of carboxylic acids is 1. The molecule has 0 aliphatic carbocycles. The summed E-state index contributed by atoms with van der Waals surface area (Å²) in [5, 5.41) is 8.74. The van der Waals surface area contributed by atoms with E-state index in [9.17, 15) is 18.0 Å². The van der Waals surface area contributed by atoms with Crippen LogP contribution < -0.4 is 4.72 Å². The number of anilines is 1. The number of sulfonamides is 1. The lowest BCUT2D eigenvalue weighted by Gasteiger charge is -2.07. The van der Waals surface area contributed by atoms with Crippen molar-refractivity contribution in [1.82, 2.24) is 4.98 Å². The van der Waals surface area contributed by atoms with E-state index in [0.717, 1.165) is 19.4 Å². The number of carboxylic acid groups (broad SMARTS) is 1. The fraction of sp³-hybridized carbons (Fsp3) is 0.300. The number of hydrogen-bond donors (Lipinski definition) is 2. The molecule has 1 aromatic rings. The highest BCUT2D eigenvalue weighted by molar-refractivity contribution is 7.92. The molecule has 2 N–H and O–H groups in total. The minimum absolute atomic E-state index is 0.0183. The van der Waals surface area contributed by atoms with E-state index in [-0.39, 0.29) is 17.7 Å². The first-order valence-corrected chi connectivity index (χ1v) is 6.75. The van der Waals surface area contributed by atoms with E-state index < -0.39 is 27.7 Å². The lowest BCUT2D eigenvalue weighted by molar-refractivity contribution is -0.140. The molecule has 0 bridgehead atoms. The van der Waals surface area contributed by atoms with Gasteiger partial charge in [0.05, 0.1) is 36.7 Å². The molecule has 1 rings (SSSR count). The minimum atomic E-state index is -3.77. The molecular formula is C10H12N2O6S. The largest absolute Gasteiger partial charge is 0.478 e. The van der Waals surface area contributed by atoms with Gasteiger partial charge < -0.3 is 9.84 Å². The van der Waals surface area contributed by atoms with Gasteiger partial charge in [0, 0.05) is 6.20 Å². The summed E-state index contributed by atoms with van der Waals surface area (Å²) in [5.74, 6) is -2.33. The van der Waals surface area contributed by atoms with Gasteiger partial charge in [-0.2, -0.15) is 0 Å². The van der Waals surface area contributed by atoms with Crippen LogP contribution in [0.1, 0.15) is 16.8 Å². The van der Waals surface area contributed by atoms with Gasteiger partial charge in [0.2, 0.25) is 10.0 Å². The molecule has 9 heteroatoms. The quantitative estimate of drug-likeness (QED) is 0.711. The summed E-state index contributed by atoms with van der Waals surface area (Å²) in [6, 6.07) is 1.13. The topological polar surface area (TPSA) is 123 Å². The minimum Gasteiger partial charge on any atom is -0.478 e. The zero-order valence-electron chi connectivity index (χ0n) is 9.99. The number of carbonyl (C=O) groups excluding carboxylic acids is 1. The summed E-state index contributed by atoms with van der Waals surface area (Å²) >= 11 is 0. The van der Waals surface area contributed by atoms with Gasteiger partial charge >= 0.3 is 11.9 Å². The molecule has 0 unspecified atom stereocenters. The SMILES string of the molecule is COC(=O)CCS(=O)(=O)Nc1cncc(C(=O)O)c1. The van der Waals surface area contributed by atoms with Crippen molar-refractivity contribution in [2.45, 2.75) is 6.42 Å². The monoisotopic (exact) mass is 288 g/mol. The van der Waals surface area contributed by atoms with Crippen LogP contribution in [0.3, 0.4) is 0 Å². The van der Waals surface area contributed by atoms with Crippen molar-refractivity contribution in [3.8, 4) is 0 Å². The molecule has 8 nitrogen and oxygen atoms in total. The summed E-state index contributed by atoms with van der Waals surface area (Å²) in [5.41, 5.74) is -0.127. The second kappa shape index (κ2) is 6.14. The first kappa shape index (κ1) is 14.9. The molecule has 0 spiro atoms. The number of hydrogen-bond acceptors (Lipinski definition) is 6. The number of nitrogens with one attached hydrogen (secondary N) is 1. The molecule has 0 saturated heterocycles. The number of methoxy groups -OCH3 is 1. The van der Waals surface area contributed by atoms with Gasteiger partial charge in [0.25, 0.3) is 0 Å².